The van der Waals surface area contributed by atoms with Crippen molar-refractivity contribution < 1.29 is 23.1 Å². The molecule has 0 saturated carbocycles. The molecule has 1 aliphatic heterocycles. The van der Waals surface area contributed by atoms with Crippen molar-refractivity contribution in [2.24, 2.45) is 5.92 Å². The molecule has 21 heavy (non-hydrogen) atoms. The van der Waals surface area contributed by atoms with Gasteiger partial charge in [0.15, 0.2) is 9.84 Å². The molecule has 8 heteroatoms. The molecule has 1 unspecified atom stereocenters. The van der Waals surface area contributed by atoms with Crippen LogP contribution in [0.15, 0.2) is 18.3 Å². The minimum atomic E-state index is -2.98. The van der Waals surface area contributed by atoms with Gasteiger partial charge in [0.2, 0.25) is 5.91 Å². The fraction of sp³-hybridized carbons (Fsp3) is 0.462. The number of hydrogen-bond donors (Lipinski definition) is 2. The fourth-order valence-electron chi connectivity index (χ4n) is 2.26. The third-order valence-electron chi connectivity index (χ3n) is 3.33. The molecule has 0 spiro atoms. The first kappa shape index (κ1) is 15.4. The third kappa shape index (κ3) is 4.52. The molecule has 2 rings (SSSR count). The molecule has 1 aliphatic rings. The highest BCUT2D eigenvalue weighted by atomic mass is 32.2. The number of nitrogens with one attached hydrogen (secondary N) is 1. The number of amides is 1. The SMILES string of the molecule is O=C(CC1CCS(=O)(=O)C1)NCc1cc(C(=O)O)ccn1. The summed E-state index contributed by atoms with van der Waals surface area (Å²) in [5.41, 5.74) is 0.554. The second-order valence-electron chi connectivity index (χ2n) is 5.09. The van der Waals surface area contributed by atoms with Crippen molar-refractivity contribution in [1.82, 2.24) is 10.3 Å². The van der Waals surface area contributed by atoms with Gasteiger partial charge in [0, 0.05) is 12.6 Å². The van der Waals surface area contributed by atoms with E-state index in [9.17, 15) is 18.0 Å². The van der Waals surface area contributed by atoms with Crippen LogP contribution in [0.1, 0.15) is 28.9 Å². The van der Waals surface area contributed by atoms with E-state index in [0.29, 0.717) is 12.1 Å². The summed E-state index contributed by atoms with van der Waals surface area (Å²) in [5, 5.41) is 11.5. The van der Waals surface area contributed by atoms with Gasteiger partial charge in [0.25, 0.3) is 0 Å². The van der Waals surface area contributed by atoms with Gasteiger partial charge < -0.3 is 10.4 Å². The molecule has 0 radical (unpaired) electrons. The Hall–Kier alpha value is -1.96. The molecule has 2 heterocycles. The van der Waals surface area contributed by atoms with Crippen LogP contribution in [0.2, 0.25) is 0 Å². The minimum Gasteiger partial charge on any atom is -0.478 e. The van der Waals surface area contributed by atoms with Crippen molar-refractivity contribution in [2.45, 2.75) is 19.4 Å². The van der Waals surface area contributed by atoms with Crippen molar-refractivity contribution in [1.29, 1.82) is 0 Å². The molecule has 0 aromatic carbocycles. The molecule has 7 nitrogen and oxygen atoms in total. The first-order chi connectivity index (χ1) is 9.85. The van der Waals surface area contributed by atoms with Crippen LogP contribution in [0.4, 0.5) is 0 Å². The van der Waals surface area contributed by atoms with Crippen LogP contribution >= 0.6 is 0 Å². The summed E-state index contributed by atoms with van der Waals surface area (Å²) < 4.78 is 22.6. The van der Waals surface area contributed by atoms with E-state index in [1.165, 1.54) is 18.3 Å². The molecule has 1 amide bonds. The highest BCUT2D eigenvalue weighted by Crippen LogP contribution is 2.21. The van der Waals surface area contributed by atoms with E-state index in [4.69, 9.17) is 5.11 Å². The lowest BCUT2D eigenvalue weighted by Crippen LogP contribution is -2.26. The lowest BCUT2D eigenvalue weighted by molar-refractivity contribution is -0.122. The zero-order valence-corrected chi connectivity index (χ0v) is 12.1. The number of carbonyl (C=O) groups is 2. The lowest BCUT2D eigenvalue weighted by atomic mass is 10.1. The van der Waals surface area contributed by atoms with Gasteiger partial charge in [-0.15, -0.1) is 0 Å². The normalized spacial score (nSPS) is 20.1. The van der Waals surface area contributed by atoms with E-state index in [1.807, 2.05) is 0 Å². The van der Waals surface area contributed by atoms with E-state index >= 15 is 0 Å². The van der Waals surface area contributed by atoms with Crippen molar-refractivity contribution in [3.63, 3.8) is 0 Å². The average Bonchev–Trinajstić information content (AvgIpc) is 2.76. The Balaban J connectivity index is 1.84. The molecular formula is C13H16N2O5S. The number of rotatable bonds is 5. The van der Waals surface area contributed by atoms with Crippen LogP contribution in [-0.4, -0.2) is 41.9 Å². The molecule has 1 aromatic heterocycles. The average molecular weight is 312 g/mol. The molecule has 1 fully saturated rings. The second-order valence-corrected chi connectivity index (χ2v) is 7.32. The number of carbonyl (C=O) groups excluding carboxylic acids is 1. The minimum absolute atomic E-state index is 0.0627. The smallest absolute Gasteiger partial charge is 0.335 e. The van der Waals surface area contributed by atoms with Crippen molar-refractivity contribution in [3.05, 3.63) is 29.6 Å². The van der Waals surface area contributed by atoms with Gasteiger partial charge in [0.1, 0.15) is 0 Å². The summed E-state index contributed by atoms with van der Waals surface area (Å²) in [6.07, 6.45) is 2.05. The molecule has 1 atom stereocenters. The van der Waals surface area contributed by atoms with Crippen molar-refractivity contribution in [3.8, 4) is 0 Å². The number of carboxylic acid groups (broad SMARTS) is 1. The summed E-state index contributed by atoms with van der Waals surface area (Å²) in [6, 6.07) is 2.76. The molecule has 1 saturated heterocycles. The summed E-state index contributed by atoms with van der Waals surface area (Å²) in [4.78, 5) is 26.5. The Kier molecular flexibility index (Phi) is 4.56. The number of pyridine rings is 1. The Bertz CT molecular complexity index is 656. The van der Waals surface area contributed by atoms with E-state index in [-0.39, 0.29) is 41.9 Å². The maximum absolute atomic E-state index is 11.8. The Morgan fingerprint density at radius 1 is 1.43 bits per heavy atom. The quantitative estimate of drug-likeness (QED) is 0.804. The third-order valence-corrected chi connectivity index (χ3v) is 5.17. The standard InChI is InChI=1S/C13H16N2O5S/c16-12(5-9-2-4-21(19,20)8-9)15-7-11-6-10(13(17)18)1-3-14-11/h1,3,6,9H,2,4-5,7-8H2,(H,15,16)(H,17,18). The Labute approximate surface area is 122 Å². The van der Waals surface area contributed by atoms with Crippen LogP contribution in [0, 0.1) is 5.92 Å². The van der Waals surface area contributed by atoms with Gasteiger partial charge in [-0.3, -0.25) is 9.78 Å². The van der Waals surface area contributed by atoms with E-state index in [2.05, 4.69) is 10.3 Å². The zero-order chi connectivity index (χ0) is 15.5. The highest BCUT2D eigenvalue weighted by Gasteiger charge is 2.29. The topological polar surface area (TPSA) is 113 Å². The van der Waals surface area contributed by atoms with Gasteiger partial charge in [-0.2, -0.15) is 0 Å². The maximum atomic E-state index is 11.8. The molecule has 0 bridgehead atoms. The van der Waals surface area contributed by atoms with E-state index < -0.39 is 15.8 Å². The lowest BCUT2D eigenvalue weighted by Gasteiger charge is -2.08. The van der Waals surface area contributed by atoms with Crippen LogP contribution in [-0.2, 0) is 21.2 Å². The predicted octanol–water partition coefficient (Wildman–Crippen LogP) is 0.221. The first-order valence-corrected chi connectivity index (χ1v) is 8.33. The first-order valence-electron chi connectivity index (χ1n) is 6.51. The zero-order valence-electron chi connectivity index (χ0n) is 11.3. The largest absolute Gasteiger partial charge is 0.478 e. The molecular weight excluding hydrogens is 296 g/mol. The fourth-order valence-corrected chi connectivity index (χ4v) is 4.13. The number of hydrogen-bond acceptors (Lipinski definition) is 5. The number of aromatic nitrogens is 1. The van der Waals surface area contributed by atoms with Gasteiger partial charge in [0.05, 0.1) is 29.3 Å². The predicted molar refractivity (Wildman–Crippen MR) is 74.4 cm³/mol. The molecule has 114 valence electrons. The van der Waals surface area contributed by atoms with Crippen molar-refractivity contribution in [2.75, 3.05) is 11.5 Å². The maximum Gasteiger partial charge on any atom is 0.335 e. The summed E-state index contributed by atoms with van der Waals surface area (Å²) in [5.74, 6) is -1.23. The summed E-state index contributed by atoms with van der Waals surface area (Å²) >= 11 is 0. The second kappa shape index (κ2) is 6.21. The van der Waals surface area contributed by atoms with E-state index in [0.717, 1.165) is 0 Å². The summed E-state index contributed by atoms with van der Waals surface area (Å²) in [7, 11) is -2.98. The van der Waals surface area contributed by atoms with Gasteiger partial charge in [-0.1, -0.05) is 0 Å². The highest BCUT2D eigenvalue weighted by molar-refractivity contribution is 7.91. The van der Waals surface area contributed by atoms with Crippen LogP contribution in [0.25, 0.3) is 0 Å². The Morgan fingerprint density at radius 3 is 2.81 bits per heavy atom. The number of carboxylic acids is 1. The number of sulfone groups is 1. The summed E-state index contributed by atoms with van der Waals surface area (Å²) in [6.45, 7) is 0.124. The number of aromatic carboxylic acids is 1. The van der Waals surface area contributed by atoms with Gasteiger partial charge >= 0.3 is 5.97 Å². The molecule has 0 aliphatic carbocycles. The van der Waals surface area contributed by atoms with Crippen molar-refractivity contribution >= 4 is 21.7 Å². The monoisotopic (exact) mass is 312 g/mol. The van der Waals surface area contributed by atoms with Gasteiger partial charge in [-0.05, 0) is 24.5 Å². The van der Waals surface area contributed by atoms with Gasteiger partial charge in [-0.25, -0.2) is 13.2 Å². The molecule has 2 N–H and O–H groups in total. The van der Waals surface area contributed by atoms with E-state index in [1.54, 1.807) is 0 Å². The molecule has 1 aromatic rings. The van der Waals surface area contributed by atoms with Crippen LogP contribution in [0.5, 0.6) is 0 Å². The number of nitrogens with zero attached hydrogens (tertiary/aromatic N) is 1. The van der Waals surface area contributed by atoms with Crippen LogP contribution < -0.4 is 5.32 Å². The Morgan fingerprint density at radius 2 is 2.19 bits per heavy atom. The van der Waals surface area contributed by atoms with Crippen LogP contribution in [0.3, 0.4) is 0 Å².